The predicted octanol–water partition coefficient (Wildman–Crippen LogP) is 5.65. The molecular weight excluding hydrogens is 430 g/mol. The van der Waals surface area contributed by atoms with Crippen molar-refractivity contribution >= 4 is 23.7 Å². The van der Waals surface area contributed by atoms with Crippen LogP contribution in [0.1, 0.15) is 27.2 Å². The monoisotopic (exact) mass is 449 g/mol. The first-order chi connectivity index (χ1) is 16.7. The van der Waals surface area contributed by atoms with E-state index in [4.69, 9.17) is 14.0 Å². The van der Waals surface area contributed by atoms with Gasteiger partial charge in [0.15, 0.2) is 0 Å². The highest BCUT2D eigenvalue weighted by atomic mass is 16.7. The fourth-order valence-corrected chi connectivity index (χ4v) is 3.52. The predicted molar refractivity (Wildman–Crippen MR) is 127 cm³/mol. The van der Waals surface area contributed by atoms with Gasteiger partial charge in [-0.05, 0) is 35.9 Å². The first-order valence-electron chi connectivity index (χ1n) is 10.7. The molecule has 0 radical (unpaired) electrons. The van der Waals surface area contributed by atoms with Gasteiger partial charge in [-0.3, -0.25) is 0 Å². The van der Waals surface area contributed by atoms with Gasteiger partial charge in [-0.1, -0.05) is 78.0 Å². The molecule has 4 aromatic rings. The number of oxime groups is 1. The van der Waals surface area contributed by atoms with Crippen LogP contribution in [0.15, 0.2) is 112 Å². The first kappa shape index (κ1) is 21.2. The average Bonchev–Trinajstić information content (AvgIpc) is 3.51. The van der Waals surface area contributed by atoms with Crippen LogP contribution in [0.3, 0.4) is 0 Å². The maximum atomic E-state index is 12.3. The van der Waals surface area contributed by atoms with E-state index >= 15 is 0 Å². The van der Waals surface area contributed by atoms with Gasteiger partial charge in [-0.25, -0.2) is 9.59 Å². The Balaban J connectivity index is 1.29. The van der Waals surface area contributed by atoms with Gasteiger partial charge in [0, 0.05) is 11.1 Å². The molecular formula is C28H19NO5. The van der Waals surface area contributed by atoms with E-state index in [0.29, 0.717) is 28.4 Å². The van der Waals surface area contributed by atoms with Gasteiger partial charge in [0.05, 0.1) is 11.1 Å². The Labute approximate surface area is 195 Å². The van der Waals surface area contributed by atoms with Crippen LogP contribution in [0.5, 0.6) is 0 Å². The molecule has 0 saturated carbocycles. The maximum Gasteiger partial charge on any atom is 0.368 e. The van der Waals surface area contributed by atoms with E-state index in [0.717, 1.165) is 16.7 Å². The molecule has 6 nitrogen and oxygen atoms in total. The highest BCUT2D eigenvalue weighted by Gasteiger charge is 2.27. The van der Waals surface area contributed by atoms with Crippen LogP contribution in [0.2, 0.25) is 0 Å². The summed E-state index contributed by atoms with van der Waals surface area (Å²) < 4.78 is 11.3. The summed E-state index contributed by atoms with van der Waals surface area (Å²) in [4.78, 5) is 29.4. The van der Waals surface area contributed by atoms with Crippen LogP contribution in [0, 0.1) is 0 Å². The van der Waals surface area contributed by atoms with Gasteiger partial charge in [-0.2, -0.15) is 0 Å². The first-order valence-corrected chi connectivity index (χ1v) is 10.7. The molecule has 0 spiro atoms. The third kappa shape index (κ3) is 4.56. The third-order valence-electron chi connectivity index (χ3n) is 5.27. The largest absolute Gasteiger partial charge is 0.457 e. The van der Waals surface area contributed by atoms with Crippen LogP contribution in [-0.2, 0) is 21.0 Å². The average molecular weight is 449 g/mol. The lowest BCUT2D eigenvalue weighted by molar-refractivity contribution is -0.136. The molecule has 6 heteroatoms. The zero-order valence-electron chi connectivity index (χ0n) is 18.0. The molecule has 0 N–H and O–H groups in total. The normalized spacial score (nSPS) is 14.1. The van der Waals surface area contributed by atoms with Crippen LogP contribution >= 0.6 is 0 Å². The van der Waals surface area contributed by atoms with Crippen molar-refractivity contribution in [3.05, 3.63) is 125 Å². The lowest BCUT2D eigenvalue weighted by Gasteiger charge is -2.05. The van der Waals surface area contributed by atoms with Crippen molar-refractivity contribution in [2.45, 2.75) is 6.61 Å². The zero-order valence-corrected chi connectivity index (χ0v) is 18.0. The summed E-state index contributed by atoms with van der Waals surface area (Å²) in [6.45, 7) is 0.217. The van der Waals surface area contributed by atoms with Crippen molar-refractivity contribution in [1.82, 2.24) is 0 Å². The lowest BCUT2D eigenvalue weighted by Crippen LogP contribution is -2.06. The molecule has 0 saturated heterocycles. The topological polar surface area (TPSA) is 78.1 Å². The van der Waals surface area contributed by atoms with Crippen LogP contribution in [0.4, 0.5) is 0 Å². The molecule has 1 aliphatic heterocycles. The van der Waals surface area contributed by atoms with Crippen molar-refractivity contribution in [2.75, 3.05) is 0 Å². The standard InChI is InChI=1S/C28H19NO5/c30-27(32-18-19-7-3-1-4-8-19)22-13-11-20(12-14-22)25-16-15-23(33-25)17-24-26(29-34-28(24)31)21-9-5-2-6-10-21/h1-17H,18H2/b24-17-. The van der Waals surface area contributed by atoms with E-state index in [9.17, 15) is 9.59 Å². The quantitative estimate of drug-likeness (QED) is 0.216. The van der Waals surface area contributed by atoms with Crippen LogP contribution in [0.25, 0.3) is 17.4 Å². The molecule has 0 amide bonds. The van der Waals surface area contributed by atoms with Gasteiger partial charge >= 0.3 is 11.9 Å². The van der Waals surface area contributed by atoms with Crippen molar-refractivity contribution in [2.24, 2.45) is 5.16 Å². The van der Waals surface area contributed by atoms with Gasteiger partial charge < -0.3 is 14.0 Å². The smallest absolute Gasteiger partial charge is 0.368 e. The Hall–Kier alpha value is -4.71. The number of carbonyl (C=O) groups is 2. The number of hydrogen-bond acceptors (Lipinski definition) is 6. The summed E-state index contributed by atoms with van der Waals surface area (Å²) in [5, 5.41) is 3.90. The molecule has 1 aromatic heterocycles. The minimum absolute atomic E-state index is 0.217. The summed E-state index contributed by atoms with van der Waals surface area (Å²) in [7, 11) is 0. The van der Waals surface area contributed by atoms with E-state index in [1.807, 2.05) is 60.7 Å². The second kappa shape index (κ2) is 9.42. The lowest BCUT2D eigenvalue weighted by atomic mass is 10.0. The Morgan fingerprint density at radius 3 is 2.26 bits per heavy atom. The molecule has 1 aliphatic rings. The molecule has 0 unspecified atom stereocenters. The van der Waals surface area contributed by atoms with Gasteiger partial charge in [0.1, 0.15) is 23.8 Å². The fourth-order valence-electron chi connectivity index (χ4n) is 3.52. The number of carbonyl (C=O) groups excluding carboxylic acids is 2. The Morgan fingerprint density at radius 1 is 0.824 bits per heavy atom. The van der Waals surface area contributed by atoms with E-state index < -0.39 is 11.9 Å². The summed E-state index contributed by atoms with van der Waals surface area (Å²) in [6.07, 6.45) is 1.61. The minimum Gasteiger partial charge on any atom is -0.457 e. The summed E-state index contributed by atoms with van der Waals surface area (Å²) >= 11 is 0. The highest BCUT2D eigenvalue weighted by Crippen LogP contribution is 2.26. The number of benzene rings is 3. The van der Waals surface area contributed by atoms with Crippen LogP contribution < -0.4 is 0 Å². The molecule has 5 rings (SSSR count). The zero-order chi connectivity index (χ0) is 23.3. The second-order valence-electron chi connectivity index (χ2n) is 7.58. The number of nitrogens with zero attached hydrogens (tertiary/aromatic N) is 1. The van der Waals surface area contributed by atoms with Crippen molar-refractivity contribution in [1.29, 1.82) is 0 Å². The Kier molecular flexibility index (Phi) is 5.86. The maximum absolute atomic E-state index is 12.3. The minimum atomic E-state index is -0.532. The van der Waals surface area contributed by atoms with Gasteiger partial charge in [-0.15, -0.1) is 0 Å². The van der Waals surface area contributed by atoms with E-state index in [-0.39, 0.29) is 6.61 Å². The van der Waals surface area contributed by atoms with E-state index in [1.165, 1.54) is 0 Å². The van der Waals surface area contributed by atoms with Crippen LogP contribution in [-0.4, -0.2) is 17.7 Å². The molecule has 34 heavy (non-hydrogen) atoms. The third-order valence-corrected chi connectivity index (χ3v) is 5.27. The highest BCUT2D eigenvalue weighted by molar-refractivity contribution is 6.31. The number of rotatable bonds is 6. The summed E-state index contributed by atoms with van der Waals surface area (Å²) in [5.74, 6) is 0.155. The number of hydrogen-bond donors (Lipinski definition) is 0. The fraction of sp³-hybridized carbons (Fsp3) is 0.0357. The summed E-state index contributed by atoms with van der Waals surface area (Å²) in [6, 6.07) is 29.4. The second-order valence-corrected chi connectivity index (χ2v) is 7.58. The molecule has 166 valence electrons. The number of ether oxygens (including phenoxy) is 1. The number of furan rings is 1. The summed E-state index contributed by atoms with van der Waals surface area (Å²) in [5.41, 5.74) is 3.73. The molecule has 0 aliphatic carbocycles. The van der Waals surface area contributed by atoms with Crippen molar-refractivity contribution in [3.8, 4) is 11.3 Å². The molecule has 0 bridgehead atoms. The molecule has 0 fully saturated rings. The molecule has 3 aromatic carbocycles. The van der Waals surface area contributed by atoms with Crippen molar-refractivity contribution < 1.29 is 23.6 Å². The number of esters is 1. The Bertz CT molecular complexity index is 1380. The van der Waals surface area contributed by atoms with E-state index in [2.05, 4.69) is 5.16 Å². The Morgan fingerprint density at radius 2 is 1.53 bits per heavy atom. The molecule has 0 atom stereocenters. The van der Waals surface area contributed by atoms with Crippen molar-refractivity contribution in [3.63, 3.8) is 0 Å². The van der Waals surface area contributed by atoms with Gasteiger partial charge in [0.25, 0.3) is 0 Å². The molecule has 2 heterocycles. The van der Waals surface area contributed by atoms with Gasteiger partial charge in [0.2, 0.25) is 0 Å². The van der Waals surface area contributed by atoms with E-state index in [1.54, 1.807) is 42.5 Å². The SMILES string of the molecule is O=C1ON=C(c2ccccc2)/C1=C/c1ccc(-c2ccc(C(=O)OCc3ccccc3)cc2)o1.